The molecular weight excluding hydrogens is 466 g/mol. The zero-order valence-electron chi connectivity index (χ0n) is 19.9. The van der Waals surface area contributed by atoms with Crippen molar-refractivity contribution in [2.75, 3.05) is 11.9 Å². The second kappa shape index (κ2) is 11.2. The van der Waals surface area contributed by atoms with Gasteiger partial charge in [-0.25, -0.2) is 9.78 Å². The number of carbonyl (C=O) groups excluding carboxylic acids is 2. The number of nitriles is 1. The van der Waals surface area contributed by atoms with E-state index < -0.39 is 5.97 Å². The predicted molar refractivity (Wildman–Crippen MR) is 138 cm³/mol. The molecule has 0 aliphatic heterocycles. The summed E-state index contributed by atoms with van der Waals surface area (Å²) in [5.41, 5.74) is 4.29. The molecule has 176 valence electrons. The van der Waals surface area contributed by atoms with Crippen LogP contribution in [0.4, 0.5) is 5.00 Å². The first-order valence-corrected chi connectivity index (χ1v) is 12.7. The summed E-state index contributed by atoms with van der Waals surface area (Å²) in [7, 11) is 0. The van der Waals surface area contributed by atoms with E-state index in [1.54, 1.807) is 13.8 Å². The van der Waals surface area contributed by atoms with E-state index in [4.69, 9.17) is 4.74 Å². The normalized spacial score (nSPS) is 11.4. The quantitative estimate of drug-likeness (QED) is 0.202. The van der Waals surface area contributed by atoms with Gasteiger partial charge in [0.15, 0.2) is 5.78 Å². The van der Waals surface area contributed by atoms with Gasteiger partial charge in [0.25, 0.3) is 0 Å². The maximum absolute atomic E-state index is 12.5. The smallest absolute Gasteiger partial charge is 0.341 e. The van der Waals surface area contributed by atoms with Crippen molar-refractivity contribution in [2.45, 2.75) is 41.0 Å². The summed E-state index contributed by atoms with van der Waals surface area (Å²) in [4.78, 5) is 29.6. The number of carbonyl (C=O) groups is 2. The SMILES string of the molecule is CCOC(=O)c1c(N/C=C(/C#N)c2nc(-c3ccc(CC(C)C)cc3)cs2)sc(C(C)=O)c1C. The highest BCUT2D eigenvalue weighted by molar-refractivity contribution is 7.18. The highest BCUT2D eigenvalue weighted by atomic mass is 32.1. The minimum absolute atomic E-state index is 0.130. The fraction of sp³-hybridized carbons (Fsp3) is 0.308. The van der Waals surface area contributed by atoms with Crippen LogP contribution in [0.1, 0.15) is 63.9 Å². The Morgan fingerprint density at radius 1 is 1.26 bits per heavy atom. The summed E-state index contributed by atoms with van der Waals surface area (Å²) in [6.45, 7) is 9.52. The van der Waals surface area contributed by atoms with E-state index >= 15 is 0 Å². The summed E-state index contributed by atoms with van der Waals surface area (Å²) in [6, 6.07) is 10.5. The average molecular weight is 494 g/mol. The fourth-order valence-corrected chi connectivity index (χ4v) is 5.35. The zero-order chi connectivity index (χ0) is 24.8. The lowest BCUT2D eigenvalue weighted by Crippen LogP contribution is -2.08. The molecule has 3 rings (SSSR count). The van der Waals surface area contributed by atoms with Crippen molar-refractivity contribution in [1.29, 1.82) is 5.26 Å². The van der Waals surface area contributed by atoms with Crippen LogP contribution in [0.5, 0.6) is 0 Å². The zero-order valence-corrected chi connectivity index (χ0v) is 21.5. The summed E-state index contributed by atoms with van der Waals surface area (Å²) >= 11 is 2.55. The van der Waals surface area contributed by atoms with E-state index in [0.717, 1.165) is 17.7 Å². The number of Topliss-reactive ketones (excluding diaryl/α,β-unsaturated/α-hetero) is 1. The number of hydrogen-bond donors (Lipinski definition) is 1. The molecule has 2 aromatic heterocycles. The van der Waals surface area contributed by atoms with Gasteiger partial charge < -0.3 is 10.1 Å². The van der Waals surface area contributed by atoms with Crippen LogP contribution >= 0.6 is 22.7 Å². The topological polar surface area (TPSA) is 92.1 Å². The van der Waals surface area contributed by atoms with E-state index in [9.17, 15) is 14.9 Å². The Kier molecular flexibility index (Phi) is 8.37. The first-order valence-electron chi connectivity index (χ1n) is 11.0. The number of nitrogens with zero attached hydrogens (tertiary/aromatic N) is 2. The highest BCUT2D eigenvalue weighted by Gasteiger charge is 2.24. The van der Waals surface area contributed by atoms with Crippen molar-refractivity contribution in [3.05, 3.63) is 62.4 Å². The molecule has 6 nitrogen and oxygen atoms in total. The van der Waals surface area contributed by atoms with Crippen molar-refractivity contribution < 1.29 is 14.3 Å². The summed E-state index contributed by atoms with van der Waals surface area (Å²) in [5, 5.41) is 15.7. The van der Waals surface area contributed by atoms with Crippen molar-refractivity contribution >= 4 is 45.0 Å². The molecule has 0 fully saturated rings. The third-order valence-corrected chi connectivity index (χ3v) is 7.24. The molecule has 0 radical (unpaired) electrons. The Labute approximate surface area is 207 Å². The minimum atomic E-state index is -0.504. The number of thiophene rings is 1. The molecular formula is C26H27N3O3S2. The predicted octanol–water partition coefficient (Wildman–Crippen LogP) is 6.73. The minimum Gasteiger partial charge on any atom is -0.462 e. The second-order valence-electron chi connectivity index (χ2n) is 8.18. The van der Waals surface area contributed by atoms with Crippen LogP contribution in [-0.4, -0.2) is 23.3 Å². The van der Waals surface area contributed by atoms with Gasteiger partial charge in [-0.2, -0.15) is 5.26 Å². The number of anilines is 1. The van der Waals surface area contributed by atoms with Gasteiger partial charge in [-0.1, -0.05) is 38.1 Å². The van der Waals surface area contributed by atoms with Crippen LogP contribution in [0.25, 0.3) is 16.8 Å². The molecule has 1 N–H and O–H groups in total. The third kappa shape index (κ3) is 5.79. The number of esters is 1. The van der Waals surface area contributed by atoms with Crippen LogP contribution in [0.2, 0.25) is 0 Å². The van der Waals surface area contributed by atoms with Crippen molar-refractivity contribution in [3.63, 3.8) is 0 Å². The Hall–Kier alpha value is -3.28. The van der Waals surface area contributed by atoms with Crippen molar-refractivity contribution in [2.24, 2.45) is 5.92 Å². The number of rotatable bonds is 9. The van der Waals surface area contributed by atoms with Gasteiger partial charge in [0.2, 0.25) is 0 Å². The van der Waals surface area contributed by atoms with E-state index in [1.165, 1.54) is 41.4 Å². The van der Waals surface area contributed by atoms with E-state index in [-0.39, 0.29) is 12.4 Å². The molecule has 0 saturated heterocycles. The first-order chi connectivity index (χ1) is 16.2. The number of aromatic nitrogens is 1. The number of hydrogen-bond acceptors (Lipinski definition) is 8. The largest absolute Gasteiger partial charge is 0.462 e. The molecule has 0 aliphatic rings. The molecule has 0 atom stereocenters. The number of benzene rings is 1. The average Bonchev–Trinajstić information content (AvgIpc) is 3.40. The Balaban J connectivity index is 1.87. The van der Waals surface area contributed by atoms with E-state index in [2.05, 4.69) is 42.4 Å². The van der Waals surface area contributed by atoms with Gasteiger partial charge >= 0.3 is 5.97 Å². The summed E-state index contributed by atoms with van der Waals surface area (Å²) in [6.07, 6.45) is 2.54. The fourth-order valence-electron chi connectivity index (χ4n) is 3.49. The molecule has 3 aromatic rings. The van der Waals surface area contributed by atoms with Crippen molar-refractivity contribution in [1.82, 2.24) is 4.98 Å². The Morgan fingerprint density at radius 3 is 2.56 bits per heavy atom. The molecule has 0 amide bonds. The summed E-state index contributed by atoms with van der Waals surface area (Å²) in [5.74, 6) is -0.0410. The number of allylic oxidation sites excluding steroid dienone is 1. The molecule has 2 heterocycles. The lowest BCUT2D eigenvalue weighted by atomic mass is 10.0. The molecule has 0 unspecified atom stereocenters. The van der Waals surface area contributed by atoms with Crippen LogP contribution in [-0.2, 0) is 11.2 Å². The van der Waals surface area contributed by atoms with E-state index in [0.29, 0.717) is 37.5 Å². The molecule has 0 aliphatic carbocycles. The molecule has 34 heavy (non-hydrogen) atoms. The van der Waals surface area contributed by atoms with Gasteiger partial charge in [0, 0.05) is 17.1 Å². The van der Waals surface area contributed by atoms with Gasteiger partial charge in [0.05, 0.1) is 22.7 Å². The number of thiazole rings is 1. The first kappa shape index (κ1) is 25.3. The van der Waals surface area contributed by atoms with Crippen LogP contribution < -0.4 is 5.32 Å². The lowest BCUT2D eigenvalue weighted by Gasteiger charge is -2.05. The molecule has 0 saturated carbocycles. The monoisotopic (exact) mass is 493 g/mol. The maximum Gasteiger partial charge on any atom is 0.341 e. The lowest BCUT2D eigenvalue weighted by molar-refractivity contribution is 0.0527. The standard InChI is InChI=1S/C26H27N3O3S2/c1-6-32-26(31)22-16(4)23(17(5)30)34-25(22)28-13-20(12-27)24-29-21(14-33-24)19-9-7-18(8-10-19)11-15(2)3/h7-10,13-15,28H,6,11H2,1-5H3/b20-13-. The van der Waals surface area contributed by atoms with Crippen LogP contribution in [0.15, 0.2) is 35.8 Å². The second-order valence-corrected chi connectivity index (χ2v) is 10.1. The van der Waals surface area contributed by atoms with E-state index in [1.807, 2.05) is 17.5 Å². The molecule has 0 spiro atoms. The molecule has 0 bridgehead atoms. The van der Waals surface area contributed by atoms with Gasteiger partial charge in [0.1, 0.15) is 21.7 Å². The molecule has 1 aromatic carbocycles. The Bertz CT molecular complexity index is 1260. The number of ketones is 1. The summed E-state index contributed by atoms with van der Waals surface area (Å²) < 4.78 is 5.16. The Morgan fingerprint density at radius 2 is 1.97 bits per heavy atom. The number of nitrogens with one attached hydrogen (secondary N) is 1. The van der Waals surface area contributed by atoms with Crippen LogP contribution in [0, 0.1) is 24.2 Å². The number of ether oxygens (including phenoxy) is 1. The van der Waals surface area contributed by atoms with Crippen molar-refractivity contribution in [3.8, 4) is 17.3 Å². The van der Waals surface area contributed by atoms with Gasteiger partial charge in [-0.15, -0.1) is 22.7 Å². The highest BCUT2D eigenvalue weighted by Crippen LogP contribution is 2.35. The van der Waals surface area contributed by atoms with Gasteiger partial charge in [-0.05, 0) is 44.2 Å². The van der Waals surface area contributed by atoms with Crippen LogP contribution in [0.3, 0.4) is 0 Å². The maximum atomic E-state index is 12.5. The van der Waals surface area contributed by atoms with Gasteiger partial charge in [-0.3, -0.25) is 4.79 Å². The third-order valence-electron chi connectivity index (χ3n) is 5.04. The molecule has 8 heteroatoms.